The topological polar surface area (TPSA) is 99.2 Å². The number of hydrogen-bond donors (Lipinski definition) is 2. The molecule has 1 aromatic rings. The summed E-state index contributed by atoms with van der Waals surface area (Å²) in [5.74, 6) is -0.0222. The van der Waals surface area contributed by atoms with E-state index < -0.39 is 4.92 Å². The van der Waals surface area contributed by atoms with Crippen molar-refractivity contribution in [3.63, 3.8) is 0 Å². The third-order valence-corrected chi connectivity index (χ3v) is 1.79. The van der Waals surface area contributed by atoms with E-state index in [-0.39, 0.29) is 24.5 Å². The van der Waals surface area contributed by atoms with Crippen LogP contribution in [-0.4, -0.2) is 16.6 Å². The molecule has 0 aliphatic heterocycles. The highest BCUT2D eigenvalue weighted by Gasteiger charge is 2.09. The lowest BCUT2D eigenvalue weighted by Crippen LogP contribution is -2.13. The first-order valence-corrected chi connectivity index (χ1v) is 4.19. The molecule has 0 heterocycles. The van der Waals surface area contributed by atoms with Crippen LogP contribution >= 0.6 is 0 Å². The molecule has 1 aromatic carbocycles. The molecule has 0 aromatic heterocycles. The molecular formula is C9H9N3O3. The number of benzene rings is 1. The first-order chi connectivity index (χ1) is 7.15. The van der Waals surface area contributed by atoms with Crippen molar-refractivity contribution in [1.82, 2.24) is 5.32 Å². The normalized spacial score (nSPS) is 9.53. The Morgan fingerprint density at radius 1 is 1.60 bits per heavy atom. The molecule has 78 valence electrons. The fourth-order valence-corrected chi connectivity index (χ4v) is 1.08. The molecule has 0 saturated carbocycles. The van der Waals surface area contributed by atoms with Crippen molar-refractivity contribution >= 4 is 5.69 Å². The highest BCUT2D eigenvalue weighted by molar-refractivity contribution is 5.42. The number of nitro groups is 1. The molecule has 6 nitrogen and oxygen atoms in total. The van der Waals surface area contributed by atoms with E-state index in [0.29, 0.717) is 5.56 Å². The maximum absolute atomic E-state index is 10.4. The van der Waals surface area contributed by atoms with Gasteiger partial charge in [-0.3, -0.25) is 10.1 Å². The van der Waals surface area contributed by atoms with Crippen LogP contribution in [0.2, 0.25) is 0 Å². The minimum absolute atomic E-state index is 0.0222. The van der Waals surface area contributed by atoms with Gasteiger partial charge in [-0.2, -0.15) is 5.26 Å². The maximum Gasteiger partial charge on any atom is 0.270 e. The summed E-state index contributed by atoms with van der Waals surface area (Å²) in [5, 5.41) is 30.8. The minimum Gasteiger partial charge on any atom is -0.508 e. The Bertz CT molecular complexity index is 412. The van der Waals surface area contributed by atoms with Crippen molar-refractivity contribution in [2.24, 2.45) is 0 Å². The number of nitriles is 1. The zero-order chi connectivity index (χ0) is 11.3. The lowest BCUT2D eigenvalue weighted by atomic mass is 10.2. The Kier molecular flexibility index (Phi) is 3.60. The summed E-state index contributed by atoms with van der Waals surface area (Å²) in [5.41, 5.74) is 0.320. The highest BCUT2D eigenvalue weighted by Crippen LogP contribution is 2.22. The zero-order valence-corrected chi connectivity index (χ0v) is 7.80. The van der Waals surface area contributed by atoms with Crippen LogP contribution in [0.1, 0.15) is 5.56 Å². The van der Waals surface area contributed by atoms with Gasteiger partial charge in [-0.05, 0) is 6.07 Å². The zero-order valence-electron chi connectivity index (χ0n) is 7.80. The van der Waals surface area contributed by atoms with Gasteiger partial charge in [0.25, 0.3) is 5.69 Å². The van der Waals surface area contributed by atoms with E-state index in [2.05, 4.69) is 5.32 Å². The standard InChI is InChI=1S/C9H9N3O3/c10-3-4-11-6-7-5-8(12(14)15)1-2-9(7)13/h1-2,5,11,13H,4,6H2. The Labute approximate surface area is 85.9 Å². The third-order valence-electron chi connectivity index (χ3n) is 1.79. The molecule has 2 N–H and O–H groups in total. The largest absolute Gasteiger partial charge is 0.508 e. The second-order valence-electron chi connectivity index (χ2n) is 2.83. The van der Waals surface area contributed by atoms with E-state index in [1.165, 1.54) is 18.2 Å². The Hall–Kier alpha value is -2.13. The van der Waals surface area contributed by atoms with Crippen molar-refractivity contribution in [1.29, 1.82) is 5.26 Å². The average molecular weight is 207 g/mol. The molecule has 1 rings (SSSR count). The Balaban J connectivity index is 2.82. The van der Waals surface area contributed by atoms with E-state index in [1.54, 1.807) is 0 Å². The van der Waals surface area contributed by atoms with Gasteiger partial charge in [0.1, 0.15) is 5.75 Å². The molecule has 0 amide bonds. The summed E-state index contributed by atoms with van der Waals surface area (Å²) in [6, 6.07) is 5.64. The molecule has 0 unspecified atom stereocenters. The van der Waals surface area contributed by atoms with Crippen LogP contribution in [0.3, 0.4) is 0 Å². The summed E-state index contributed by atoms with van der Waals surface area (Å²) in [6.07, 6.45) is 0. The fraction of sp³-hybridized carbons (Fsp3) is 0.222. The predicted octanol–water partition coefficient (Wildman–Crippen LogP) is 0.914. The minimum atomic E-state index is -0.534. The smallest absolute Gasteiger partial charge is 0.270 e. The van der Waals surface area contributed by atoms with Crippen molar-refractivity contribution in [3.8, 4) is 11.8 Å². The molecule has 0 atom stereocenters. The molecule has 0 spiro atoms. The van der Waals surface area contributed by atoms with E-state index in [0.717, 1.165) is 0 Å². The van der Waals surface area contributed by atoms with Gasteiger partial charge >= 0.3 is 0 Å². The number of rotatable bonds is 4. The number of hydrogen-bond acceptors (Lipinski definition) is 5. The first-order valence-electron chi connectivity index (χ1n) is 4.19. The van der Waals surface area contributed by atoms with Crippen LogP contribution in [0.25, 0.3) is 0 Å². The number of nitro benzene ring substituents is 1. The molecule has 0 aliphatic carbocycles. The van der Waals surface area contributed by atoms with Crippen molar-refractivity contribution < 1.29 is 10.0 Å². The second-order valence-corrected chi connectivity index (χ2v) is 2.83. The average Bonchev–Trinajstić information content (AvgIpc) is 2.20. The van der Waals surface area contributed by atoms with Gasteiger partial charge in [0.15, 0.2) is 0 Å². The Morgan fingerprint density at radius 3 is 2.93 bits per heavy atom. The predicted molar refractivity (Wildman–Crippen MR) is 52.1 cm³/mol. The van der Waals surface area contributed by atoms with Crippen molar-refractivity contribution in [3.05, 3.63) is 33.9 Å². The lowest BCUT2D eigenvalue weighted by Gasteiger charge is -2.03. The maximum atomic E-state index is 10.4. The van der Waals surface area contributed by atoms with Crippen LogP contribution in [0.15, 0.2) is 18.2 Å². The van der Waals surface area contributed by atoms with Crippen LogP contribution in [0.4, 0.5) is 5.69 Å². The van der Waals surface area contributed by atoms with Crippen LogP contribution in [0.5, 0.6) is 5.75 Å². The van der Waals surface area contributed by atoms with Gasteiger partial charge in [-0.15, -0.1) is 0 Å². The fourth-order valence-electron chi connectivity index (χ4n) is 1.08. The number of non-ortho nitro benzene ring substituents is 1. The molecule has 0 saturated heterocycles. The highest BCUT2D eigenvalue weighted by atomic mass is 16.6. The molecule has 0 aliphatic rings. The number of phenolic OH excluding ortho intramolecular Hbond substituents is 1. The van der Waals surface area contributed by atoms with Crippen molar-refractivity contribution in [2.75, 3.05) is 6.54 Å². The molecule has 6 heteroatoms. The monoisotopic (exact) mass is 207 g/mol. The van der Waals surface area contributed by atoms with Crippen LogP contribution in [0, 0.1) is 21.4 Å². The quantitative estimate of drug-likeness (QED) is 0.331. The van der Waals surface area contributed by atoms with Crippen LogP contribution < -0.4 is 5.32 Å². The summed E-state index contributed by atoms with van der Waals surface area (Å²) in [7, 11) is 0. The number of nitrogens with one attached hydrogen (secondary N) is 1. The van der Waals surface area contributed by atoms with Gasteiger partial charge in [-0.1, -0.05) is 0 Å². The van der Waals surface area contributed by atoms with Gasteiger partial charge in [0.2, 0.25) is 0 Å². The van der Waals surface area contributed by atoms with Gasteiger partial charge in [-0.25, -0.2) is 0 Å². The second kappa shape index (κ2) is 4.93. The molecule has 15 heavy (non-hydrogen) atoms. The number of nitrogens with zero attached hydrogens (tertiary/aromatic N) is 2. The number of phenols is 1. The van der Waals surface area contributed by atoms with E-state index in [4.69, 9.17) is 5.26 Å². The van der Waals surface area contributed by atoms with E-state index in [1.807, 2.05) is 6.07 Å². The molecule has 0 radical (unpaired) electrons. The summed E-state index contributed by atoms with van der Waals surface area (Å²) in [6.45, 7) is 0.350. The van der Waals surface area contributed by atoms with Gasteiger partial charge < -0.3 is 10.4 Å². The van der Waals surface area contributed by atoms with Gasteiger partial charge in [0, 0.05) is 24.2 Å². The lowest BCUT2D eigenvalue weighted by molar-refractivity contribution is -0.384. The third kappa shape index (κ3) is 2.93. The molecular weight excluding hydrogens is 198 g/mol. The number of aromatic hydroxyl groups is 1. The summed E-state index contributed by atoms with van der Waals surface area (Å²) < 4.78 is 0. The molecule has 0 bridgehead atoms. The SMILES string of the molecule is N#CCNCc1cc([N+](=O)[O-])ccc1O. The molecule has 0 fully saturated rings. The van der Waals surface area contributed by atoms with Crippen LogP contribution in [-0.2, 0) is 6.54 Å². The summed E-state index contributed by atoms with van der Waals surface area (Å²) in [4.78, 5) is 9.91. The van der Waals surface area contributed by atoms with E-state index >= 15 is 0 Å². The van der Waals surface area contributed by atoms with Gasteiger partial charge in [0.05, 0.1) is 17.5 Å². The summed E-state index contributed by atoms with van der Waals surface area (Å²) >= 11 is 0. The first kappa shape index (κ1) is 10.9. The van der Waals surface area contributed by atoms with Crippen molar-refractivity contribution in [2.45, 2.75) is 6.54 Å². The Morgan fingerprint density at radius 2 is 2.33 bits per heavy atom. The van der Waals surface area contributed by atoms with E-state index in [9.17, 15) is 15.2 Å².